The molecule has 0 aliphatic heterocycles. The molecule has 2 rings (SSSR count). The van der Waals surface area contributed by atoms with Crippen LogP contribution in [0.5, 0.6) is 0 Å². The van der Waals surface area contributed by atoms with Crippen LogP contribution in [0.4, 0.5) is 0 Å². The van der Waals surface area contributed by atoms with E-state index in [2.05, 4.69) is 11.6 Å². The average Bonchev–Trinajstić information content (AvgIpc) is 2.85. The van der Waals surface area contributed by atoms with E-state index >= 15 is 0 Å². The molecule has 0 radical (unpaired) electrons. The van der Waals surface area contributed by atoms with Crippen LogP contribution in [0.1, 0.15) is 18.5 Å². The van der Waals surface area contributed by atoms with Gasteiger partial charge in [0.05, 0.1) is 5.69 Å². The molecule has 1 heterocycles. The predicted molar refractivity (Wildman–Crippen MR) is 51.0 cm³/mol. The van der Waals surface area contributed by atoms with E-state index in [1.165, 1.54) is 12.8 Å². The van der Waals surface area contributed by atoms with E-state index < -0.39 is 0 Å². The first-order chi connectivity index (χ1) is 5.77. The van der Waals surface area contributed by atoms with E-state index in [0.29, 0.717) is 5.92 Å². The Morgan fingerprint density at radius 2 is 2.33 bits per heavy atom. The fourth-order valence-corrected chi connectivity index (χ4v) is 1.38. The van der Waals surface area contributed by atoms with Gasteiger partial charge < -0.3 is 0 Å². The van der Waals surface area contributed by atoms with E-state index in [9.17, 15) is 0 Å². The SMILES string of the molecule is C=C(c1cc(Cl)ccn1)C1CC1. The first-order valence-electron chi connectivity index (χ1n) is 4.08. The molecule has 0 N–H and O–H groups in total. The van der Waals surface area contributed by atoms with Crippen LogP contribution in [0.25, 0.3) is 5.57 Å². The zero-order valence-corrected chi connectivity index (χ0v) is 7.51. The molecule has 1 aromatic heterocycles. The number of hydrogen-bond acceptors (Lipinski definition) is 1. The van der Waals surface area contributed by atoms with Crippen molar-refractivity contribution in [1.82, 2.24) is 4.98 Å². The van der Waals surface area contributed by atoms with Gasteiger partial charge in [0.1, 0.15) is 0 Å². The Morgan fingerprint density at radius 1 is 1.58 bits per heavy atom. The molecule has 0 atom stereocenters. The summed E-state index contributed by atoms with van der Waals surface area (Å²) in [5.74, 6) is 0.663. The molecule has 0 unspecified atom stereocenters. The fourth-order valence-electron chi connectivity index (χ4n) is 1.22. The van der Waals surface area contributed by atoms with E-state index in [0.717, 1.165) is 16.3 Å². The first-order valence-corrected chi connectivity index (χ1v) is 4.46. The van der Waals surface area contributed by atoms with Gasteiger partial charge in [0, 0.05) is 11.2 Å². The molecule has 0 saturated heterocycles. The lowest BCUT2D eigenvalue weighted by Crippen LogP contribution is -1.88. The van der Waals surface area contributed by atoms with Crippen LogP contribution in [-0.4, -0.2) is 4.98 Å². The van der Waals surface area contributed by atoms with E-state index in [4.69, 9.17) is 11.6 Å². The second kappa shape index (κ2) is 2.91. The number of allylic oxidation sites excluding steroid dienone is 1. The molecule has 1 saturated carbocycles. The van der Waals surface area contributed by atoms with Gasteiger partial charge in [0.25, 0.3) is 0 Å². The Bertz CT molecular complexity index is 315. The van der Waals surface area contributed by atoms with Gasteiger partial charge in [-0.3, -0.25) is 4.98 Å². The Morgan fingerprint density at radius 3 is 2.92 bits per heavy atom. The molecule has 12 heavy (non-hydrogen) atoms. The molecule has 1 aliphatic carbocycles. The van der Waals surface area contributed by atoms with Crippen LogP contribution >= 0.6 is 11.6 Å². The number of nitrogens with zero attached hydrogens (tertiary/aromatic N) is 1. The van der Waals surface area contributed by atoms with Crippen molar-refractivity contribution < 1.29 is 0 Å². The van der Waals surface area contributed by atoms with Crippen LogP contribution in [0.2, 0.25) is 5.02 Å². The van der Waals surface area contributed by atoms with Gasteiger partial charge in [-0.05, 0) is 36.5 Å². The molecular formula is C10H10ClN. The summed E-state index contributed by atoms with van der Waals surface area (Å²) in [5, 5.41) is 0.738. The predicted octanol–water partition coefficient (Wildman–Crippen LogP) is 3.16. The molecule has 0 bridgehead atoms. The maximum Gasteiger partial charge on any atom is 0.0673 e. The second-order valence-corrected chi connectivity index (χ2v) is 3.60. The molecule has 1 nitrogen and oxygen atoms in total. The monoisotopic (exact) mass is 179 g/mol. The zero-order valence-electron chi connectivity index (χ0n) is 6.76. The zero-order chi connectivity index (χ0) is 8.55. The number of pyridine rings is 1. The van der Waals surface area contributed by atoms with Gasteiger partial charge in [0.15, 0.2) is 0 Å². The minimum atomic E-state index is 0.663. The third kappa shape index (κ3) is 1.51. The lowest BCUT2D eigenvalue weighted by molar-refractivity contribution is 1.11. The Kier molecular flexibility index (Phi) is 1.89. The van der Waals surface area contributed by atoms with Gasteiger partial charge in [-0.1, -0.05) is 18.2 Å². The van der Waals surface area contributed by atoms with Gasteiger partial charge in [-0.25, -0.2) is 0 Å². The molecular weight excluding hydrogens is 170 g/mol. The van der Waals surface area contributed by atoms with E-state index in [1.807, 2.05) is 6.07 Å². The molecule has 1 aromatic rings. The Hall–Kier alpha value is -0.820. The fraction of sp³-hybridized carbons (Fsp3) is 0.300. The standard InChI is InChI=1S/C10H10ClN/c1-7(8-2-3-8)10-6-9(11)4-5-12-10/h4-6,8H,1-3H2. The van der Waals surface area contributed by atoms with Crippen molar-refractivity contribution in [2.45, 2.75) is 12.8 Å². The van der Waals surface area contributed by atoms with Crippen LogP contribution in [0.3, 0.4) is 0 Å². The summed E-state index contributed by atoms with van der Waals surface area (Å²) >= 11 is 5.83. The highest BCUT2D eigenvalue weighted by molar-refractivity contribution is 6.30. The minimum Gasteiger partial charge on any atom is -0.257 e. The summed E-state index contributed by atoms with van der Waals surface area (Å²) < 4.78 is 0. The molecule has 2 heteroatoms. The van der Waals surface area contributed by atoms with E-state index in [1.54, 1.807) is 12.3 Å². The summed E-state index contributed by atoms with van der Waals surface area (Å²) in [7, 11) is 0. The number of halogens is 1. The molecule has 1 aliphatic rings. The van der Waals surface area contributed by atoms with Crippen molar-refractivity contribution in [1.29, 1.82) is 0 Å². The van der Waals surface area contributed by atoms with Crippen molar-refractivity contribution in [2.24, 2.45) is 5.92 Å². The van der Waals surface area contributed by atoms with Crippen LogP contribution in [0, 0.1) is 5.92 Å². The molecule has 62 valence electrons. The molecule has 0 amide bonds. The lowest BCUT2D eigenvalue weighted by Gasteiger charge is -2.01. The van der Waals surface area contributed by atoms with Crippen molar-refractivity contribution in [2.75, 3.05) is 0 Å². The second-order valence-electron chi connectivity index (χ2n) is 3.16. The Balaban J connectivity index is 2.26. The molecule has 1 fully saturated rings. The number of hydrogen-bond donors (Lipinski definition) is 0. The quantitative estimate of drug-likeness (QED) is 0.680. The van der Waals surface area contributed by atoms with Crippen LogP contribution < -0.4 is 0 Å². The third-order valence-corrected chi connectivity index (χ3v) is 2.36. The summed E-state index contributed by atoms with van der Waals surface area (Å²) in [4.78, 5) is 4.22. The number of aromatic nitrogens is 1. The maximum atomic E-state index is 5.83. The van der Waals surface area contributed by atoms with Gasteiger partial charge >= 0.3 is 0 Å². The largest absolute Gasteiger partial charge is 0.257 e. The topological polar surface area (TPSA) is 12.9 Å². The minimum absolute atomic E-state index is 0.663. The van der Waals surface area contributed by atoms with Gasteiger partial charge in [0.2, 0.25) is 0 Å². The van der Waals surface area contributed by atoms with Gasteiger partial charge in [-0.15, -0.1) is 0 Å². The highest BCUT2D eigenvalue weighted by Gasteiger charge is 2.25. The van der Waals surface area contributed by atoms with Crippen LogP contribution in [0.15, 0.2) is 24.9 Å². The smallest absolute Gasteiger partial charge is 0.0673 e. The maximum absolute atomic E-state index is 5.83. The average molecular weight is 180 g/mol. The normalized spacial score (nSPS) is 16.1. The highest BCUT2D eigenvalue weighted by atomic mass is 35.5. The molecule has 0 spiro atoms. The van der Waals surface area contributed by atoms with Crippen molar-refractivity contribution >= 4 is 17.2 Å². The third-order valence-electron chi connectivity index (χ3n) is 2.12. The van der Waals surface area contributed by atoms with Crippen LogP contribution in [-0.2, 0) is 0 Å². The van der Waals surface area contributed by atoms with E-state index in [-0.39, 0.29) is 0 Å². The van der Waals surface area contributed by atoms with Gasteiger partial charge in [-0.2, -0.15) is 0 Å². The lowest BCUT2D eigenvalue weighted by atomic mass is 10.1. The van der Waals surface area contributed by atoms with Crippen molar-refractivity contribution in [3.05, 3.63) is 35.6 Å². The summed E-state index contributed by atoms with van der Waals surface area (Å²) in [6.45, 7) is 4.01. The van der Waals surface area contributed by atoms with Crippen molar-refractivity contribution in [3.63, 3.8) is 0 Å². The first kappa shape index (κ1) is 7.81. The van der Waals surface area contributed by atoms with Crippen molar-refractivity contribution in [3.8, 4) is 0 Å². The number of rotatable bonds is 2. The summed E-state index contributed by atoms with van der Waals surface area (Å²) in [6.07, 6.45) is 4.24. The highest BCUT2D eigenvalue weighted by Crippen LogP contribution is 2.40. The summed E-state index contributed by atoms with van der Waals surface area (Å²) in [5.41, 5.74) is 2.09. The Labute approximate surface area is 77.1 Å². The summed E-state index contributed by atoms with van der Waals surface area (Å²) in [6, 6.07) is 3.66. The molecule has 0 aromatic carbocycles.